The van der Waals surface area contributed by atoms with Crippen molar-refractivity contribution in [2.75, 3.05) is 19.5 Å². The molecule has 2 rings (SSSR count). The SMILES string of the molecule is COC(=O)c1ccc(C)c(NC(=O)C(OC)c2ccccc2)c1. The third kappa shape index (κ3) is 3.96. The summed E-state index contributed by atoms with van der Waals surface area (Å²) in [6.45, 7) is 1.85. The van der Waals surface area contributed by atoms with Crippen LogP contribution in [0.3, 0.4) is 0 Å². The van der Waals surface area contributed by atoms with Crippen molar-refractivity contribution in [3.63, 3.8) is 0 Å². The van der Waals surface area contributed by atoms with Gasteiger partial charge in [-0.05, 0) is 30.2 Å². The van der Waals surface area contributed by atoms with Crippen LogP contribution in [0.2, 0.25) is 0 Å². The van der Waals surface area contributed by atoms with Crippen molar-refractivity contribution in [1.29, 1.82) is 0 Å². The van der Waals surface area contributed by atoms with E-state index in [0.29, 0.717) is 11.3 Å². The molecule has 1 amide bonds. The van der Waals surface area contributed by atoms with Gasteiger partial charge in [-0.3, -0.25) is 4.79 Å². The van der Waals surface area contributed by atoms with Crippen molar-refractivity contribution >= 4 is 17.6 Å². The van der Waals surface area contributed by atoms with Crippen molar-refractivity contribution < 1.29 is 19.1 Å². The van der Waals surface area contributed by atoms with Gasteiger partial charge in [0.05, 0.1) is 12.7 Å². The zero-order chi connectivity index (χ0) is 16.8. The van der Waals surface area contributed by atoms with Gasteiger partial charge in [-0.25, -0.2) is 4.79 Å². The minimum Gasteiger partial charge on any atom is -0.465 e. The average molecular weight is 313 g/mol. The number of hydrogen-bond donors (Lipinski definition) is 1. The van der Waals surface area contributed by atoms with Crippen LogP contribution >= 0.6 is 0 Å². The van der Waals surface area contributed by atoms with Crippen LogP contribution in [-0.2, 0) is 14.3 Å². The van der Waals surface area contributed by atoms with Crippen molar-refractivity contribution in [3.8, 4) is 0 Å². The first-order valence-electron chi connectivity index (χ1n) is 7.14. The van der Waals surface area contributed by atoms with E-state index in [0.717, 1.165) is 11.1 Å². The second-order valence-electron chi connectivity index (χ2n) is 5.04. The van der Waals surface area contributed by atoms with Gasteiger partial charge in [0.25, 0.3) is 5.91 Å². The van der Waals surface area contributed by atoms with Gasteiger partial charge in [0.2, 0.25) is 0 Å². The zero-order valence-electron chi connectivity index (χ0n) is 13.3. The Kier molecular flexibility index (Phi) is 5.49. The summed E-state index contributed by atoms with van der Waals surface area (Å²) in [4.78, 5) is 24.1. The topological polar surface area (TPSA) is 64.6 Å². The highest BCUT2D eigenvalue weighted by atomic mass is 16.5. The molecule has 0 fully saturated rings. The molecule has 0 heterocycles. The van der Waals surface area contributed by atoms with Gasteiger partial charge in [0, 0.05) is 12.8 Å². The Morgan fingerprint density at radius 1 is 1.04 bits per heavy atom. The lowest BCUT2D eigenvalue weighted by molar-refractivity contribution is -0.126. The molecule has 0 bridgehead atoms. The molecule has 1 atom stereocenters. The maximum atomic E-state index is 12.5. The Morgan fingerprint density at radius 3 is 2.35 bits per heavy atom. The van der Waals surface area contributed by atoms with Crippen molar-refractivity contribution in [2.45, 2.75) is 13.0 Å². The van der Waals surface area contributed by atoms with Crippen LogP contribution in [0.5, 0.6) is 0 Å². The molecule has 23 heavy (non-hydrogen) atoms. The number of aryl methyl sites for hydroxylation is 1. The predicted octanol–water partition coefficient (Wildman–Crippen LogP) is 3.11. The molecule has 2 aromatic carbocycles. The van der Waals surface area contributed by atoms with E-state index in [1.807, 2.05) is 37.3 Å². The molecule has 2 aromatic rings. The van der Waals surface area contributed by atoms with E-state index in [2.05, 4.69) is 5.32 Å². The molecular weight excluding hydrogens is 294 g/mol. The summed E-state index contributed by atoms with van der Waals surface area (Å²) in [5.41, 5.74) is 2.53. The summed E-state index contributed by atoms with van der Waals surface area (Å²) in [6.07, 6.45) is -0.725. The highest BCUT2D eigenvalue weighted by Crippen LogP contribution is 2.22. The van der Waals surface area contributed by atoms with Crippen LogP contribution in [0.4, 0.5) is 5.69 Å². The standard InChI is InChI=1S/C18H19NO4/c1-12-9-10-14(18(21)23-3)11-15(12)19-17(20)16(22-2)13-7-5-4-6-8-13/h4-11,16H,1-3H3,(H,19,20). The second kappa shape index (κ2) is 7.56. The molecule has 1 N–H and O–H groups in total. The monoisotopic (exact) mass is 313 g/mol. The van der Waals surface area contributed by atoms with E-state index in [1.54, 1.807) is 18.2 Å². The Bertz CT molecular complexity index is 697. The fourth-order valence-electron chi connectivity index (χ4n) is 2.22. The summed E-state index contributed by atoms with van der Waals surface area (Å²) in [7, 11) is 2.80. The van der Waals surface area contributed by atoms with Crippen LogP contribution in [0.25, 0.3) is 0 Å². The molecule has 5 nitrogen and oxygen atoms in total. The van der Waals surface area contributed by atoms with Crippen LogP contribution in [0, 0.1) is 6.92 Å². The first-order chi connectivity index (χ1) is 11.1. The number of carbonyl (C=O) groups excluding carboxylic acids is 2. The summed E-state index contributed by atoms with van der Waals surface area (Å²) >= 11 is 0. The molecular formula is C18H19NO4. The van der Waals surface area contributed by atoms with E-state index in [-0.39, 0.29) is 5.91 Å². The molecule has 0 saturated carbocycles. The molecule has 0 aliphatic rings. The number of anilines is 1. The molecule has 0 spiro atoms. The lowest BCUT2D eigenvalue weighted by atomic mass is 10.1. The fraction of sp³-hybridized carbons (Fsp3) is 0.222. The van der Waals surface area contributed by atoms with E-state index >= 15 is 0 Å². The number of amides is 1. The van der Waals surface area contributed by atoms with E-state index in [1.165, 1.54) is 14.2 Å². The summed E-state index contributed by atoms with van der Waals surface area (Å²) < 4.78 is 10.0. The molecule has 1 unspecified atom stereocenters. The number of carbonyl (C=O) groups is 2. The number of hydrogen-bond acceptors (Lipinski definition) is 4. The third-order valence-corrected chi connectivity index (χ3v) is 3.49. The Hall–Kier alpha value is -2.66. The lowest BCUT2D eigenvalue weighted by Crippen LogP contribution is -2.23. The smallest absolute Gasteiger partial charge is 0.337 e. The largest absolute Gasteiger partial charge is 0.465 e. The van der Waals surface area contributed by atoms with Crippen molar-refractivity contribution in [1.82, 2.24) is 0 Å². The first-order valence-corrected chi connectivity index (χ1v) is 7.14. The average Bonchev–Trinajstić information content (AvgIpc) is 2.57. The number of esters is 1. The normalized spacial score (nSPS) is 11.6. The quantitative estimate of drug-likeness (QED) is 0.861. The molecule has 120 valence electrons. The molecule has 0 aliphatic carbocycles. The van der Waals surface area contributed by atoms with E-state index in [4.69, 9.17) is 9.47 Å². The van der Waals surface area contributed by atoms with Gasteiger partial charge in [-0.2, -0.15) is 0 Å². The third-order valence-electron chi connectivity index (χ3n) is 3.49. The van der Waals surface area contributed by atoms with Gasteiger partial charge in [-0.1, -0.05) is 36.4 Å². The number of methoxy groups -OCH3 is 2. The van der Waals surface area contributed by atoms with Crippen LogP contribution in [-0.4, -0.2) is 26.1 Å². The van der Waals surface area contributed by atoms with Gasteiger partial charge in [-0.15, -0.1) is 0 Å². The predicted molar refractivity (Wildman–Crippen MR) is 87.3 cm³/mol. The van der Waals surface area contributed by atoms with Gasteiger partial charge >= 0.3 is 5.97 Å². The summed E-state index contributed by atoms with van der Waals surface area (Å²) in [6, 6.07) is 14.2. The lowest BCUT2D eigenvalue weighted by Gasteiger charge is -2.17. The highest BCUT2D eigenvalue weighted by molar-refractivity contribution is 5.97. The van der Waals surface area contributed by atoms with Gasteiger partial charge in [0.15, 0.2) is 6.10 Å². The molecule has 0 aromatic heterocycles. The minimum atomic E-state index is -0.725. The Morgan fingerprint density at radius 2 is 1.74 bits per heavy atom. The fourth-order valence-corrected chi connectivity index (χ4v) is 2.22. The maximum absolute atomic E-state index is 12.5. The highest BCUT2D eigenvalue weighted by Gasteiger charge is 2.21. The van der Waals surface area contributed by atoms with E-state index < -0.39 is 12.1 Å². The number of rotatable bonds is 5. The summed E-state index contributed by atoms with van der Waals surface area (Å²) in [5, 5.41) is 2.81. The zero-order valence-corrected chi connectivity index (χ0v) is 13.3. The van der Waals surface area contributed by atoms with Crippen LogP contribution in [0.1, 0.15) is 27.6 Å². The molecule has 0 saturated heterocycles. The van der Waals surface area contributed by atoms with Crippen LogP contribution in [0.15, 0.2) is 48.5 Å². The van der Waals surface area contributed by atoms with Crippen molar-refractivity contribution in [3.05, 3.63) is 65.2 Å². The summed E-state index contributed by atoms with van der Waals surface area (Å²) in [5.74, 6) is -0.754. The first kappa shape index (κ1) is 16.7. The Labute approximate surface area is 135 Å². The molecule has 0 aliphatic heterocycles. The van der Waals surface area contributed by atoms with Crippen LogP contribution < -0.4 is 5.32 Å². The second-order valence-corrected chi connectivity index (χ2v) is 5.04. The van der Waals surface area contributed by atoms with Gasteiger partial charge < -0.3 is 14.8 Å². The van der Waals surface area contributed by atoms with Gasteiger partial charge in [0.1, 0.15) is 0 Å². The molecule has 5 heteroatoms. The number of nitrogens with one attached hydrogen (secondary N) is 1. The van der Waals surface area contributed by atoms with Crippen molar-refractivity contribution in [2.24, 2.45) is 0 Å². The molecule has 0 radical (unpaired) electrons. The number of benzene rings is 2. The minimum absolute atomic E-state index is 0.302. The maximum Gasteiger partial charge on any atom is 0.337 e. The van der Waals surface area contributed by atoms with E-state index in [9.17, 15) is 9.59 Å². The number of ether oxygens (including phenoxy) is 2. The Balaban J connectivity index is 2.23.